The predicted molar refractivity (Wildman–Crippen MR) is 184 cm³/mol. The second kappa shape index (κ2) is 14.9. The van der Waals surface area contributed by atoms with Crippen LogP contribution in [0.15, 0.2) is 84.8 Å². The van der Waals surface area contributed by atoms with E-state index in [4.69, 9.17) is 5.26 Å². The van der Waals surface area contributed by atoms with Crippen molar-refractivity contribution in [2.24, 2.45) is 5.92 Å². The van der Waals surface area contributed by atoms with Crippen LogP contribution in [0.25, 0.3) is 5.57 Å². The van der Waals surface area contributed by atoms with E-state index >= 15 is 0 Å². The first kappa shape index (κ1) is 32.5. The maximum absolute atomic E-state index is 12.7. The Morgan fingerprint density at radius 2 is 2.02 bits per heavy atom. The zero-order chi connectivity index (χ0) is 32.6. The molecule has 1 saturated carbocycles. The van der Waals surface area contributed by atoms with Gasteiger partial charge in [-0.25, -0.2) is 4.98 Å². The van der Waals surface area contributed by atoms with E-state index in [1.807, 2.05) is 18.2 Å². The molecule has 0 atom stereocenters. The summed E-state index contributed by atoms with van der Waals surface area (Å²) >= 11 is 0. The van der Waals surface area contributed by atoms with Crippen LogP contribution < -0.4 is 16.0 Å². The van der Waals surface area contributed by atoms with Gasteiger partial charge in [-0.05, 0) is 55.0 Å². The molecule has 5 rings (SSSR count). The summed E-state index contributed by atoms with van der Waals surface area (Å²) in [6.45, 7) is 11.8. The van der Waals surface area contributed by atoms with Crippen molar-refractivity contribution in [3.63, 3.8) is 0 Å². The maximum Gasteiger partial charge on any atom is 0.254 e. The molecule has 1 saturated heterocycles. The lowest BCUT2D eigenvalue weighted by Gasteiger charge is -2.46. The average Bonchev–Trinajstić information content (AvgIpc) is 3.89. The Hall–Kier alpha value is -4.94. The van der Waals surface area contributed by atoms with E-state index in [9.17, 15) is 9.59 Å². The van der Waals surface area contributed by atoms with E-state index < -0.39 is 0 Å². The molecule has 0 unspecified atom stereocenters. The minimum absolute atomic E-state index is 0.0341. The van der Waals surface area contributed by atoms with Gasteiger partial charge in [-0.1, -0.05) is 61.9 Å². The van der Waals surface area contributed by atoms with E-state index in [0.29, 0.717) is 28.7 Å². The quantitative estimate of drug-likeness (QED) is 0.184. The molecule has 0 bridgehead atoms. The summed E-state index contributed by atoms with van der Waals surface area (Å²) in [5.74, 6) is 0.177. The number of carbonyl (C=O) groups excluding carboxylic acids is 2. The molecule has 0 radical (unpaired) electrons. The lowest BCUT2D eigenvalue weighted by atomic mass is 9.96. The second-order valence-electron chi connectivity index (χ2n) is 12.2. The third-order valence-corrected chi connectivity index (χ3v) is 8.59. The van der Waals surface area contributed by atoms with E-state index in [1.165, 1.54) is 11.8 Å². The maximum atomic E-state index is 12.7. The first-order valence-electron chi connectivity index (χ1n) is 16.0. The smallest absolute Gasteiger partial charge is 0.254 e. The van der Waals surface area contributed by atoms with Crippen molar-refractivity contribution in [3.8, 4) is 6.07 Å². The molecule has 3 N–H and O–H groups in total. The van der Waals surface area contributed by atoms with Crippen molar-refractivity contribution >= 4 is 34.6 Å². The number of nitrogens with zero attached hydrogens (tertiary/aromatic N) is 4. The van der Waals surface area contributed by atoms with Crippen molar-refractivity contribution < 1.29 is 9.59 Å². The predicted octanol–water partition coefficient (Wildman–Crippen LogP) is 6.10. The number of nitrogens with one attached hydrogen (secondary N) is 3. The standard InChI is InChI=1S/C37H43N7O2/c1-5-9-27(11-6-10-25(2)19-38)21-43-23-30(24-43)44-17-8-12-29(22-44)31-13-7-14-33(26(31)3)41-34-18-35(42-36(45)28-15-16-28)40-20-32(34)37(46)39-4/h6-8,10-14,18,20,22,28,30H,2,5,9,15-17,21,23-24H2,1,3-4H3,(H,39,46)(H2,40,41,42,45)/b10-6-,27-11+. The Morgan fingerprint density at radius 3 is 2.74 bits per heavy atom. The average molecular weight is 618 g/mol. The van der Waals surface area contributed by atoms with Crippen molar-refractivity contribution in [1.82, 2.24) is 20.1 Å². The summed E-state index contributed by atoms with van der Waals surface area (Å²) in [6.07, 6.45) is 17.9. The van der Waals surface area contributed by atoms with Crippen LogP contribution in [0.3, 0.4) is 0 Å². The molecular weight excluding hydrogens is 574 g/mol. The summed E-state index contributed by atoms with van der Waals surface area (Å²) in [4.78, 5) is 34.3. The van der Waals surface area contributed by atoms with Gasteiger partial charge in [0.15, 0.2) is 0 Å². The number of hydrogen-bond acceptors (Lipinski definition) is 7. The van der Waals surface area contributed by atoms with Gasteiger partial charge in [-0.3, -0.25) is 14.5 Å². The van der Waals surface area contributed by atoms with Gasteiger partial charge in [-0.15, -0.1) is 0 Å². The number of benzene rings is 1. The first-order valence-corrected chi connectivity index (χ1v) is 16.0. The van der Waals surface area contributed by atoms with Crippen molar-refractivity contribution in [1.29, 1.82) is 5.26 Å². The largest absolute Gasteiger partial charge is 0.368 e. The highest BCUT2D eigenvalue weighted by Crippen LogP contribution is 2.33. The summed E-state index contributed by atoms with van der Waals surface area (Å²) < 4.78 is 0. The summed E-state index contributed by atoms with van der Waals surface area (Å²) in [7, 11) is 1.59. The molecule has 3 heterocycles. The van der Waals surface area contributed by atoms with Crippen molar-refractivity contribution in [2.45, 2.75) is 45.6 Å². The molecule has 0 spiro atoms. The highest BCUT2D eigenvalue weighted by molar-refractivity contribution is 6.01. The summed E-state index contributed by atoms with van der Waals surface area (Å²) in [5, 5.41) is 18.0. The van der Waals surface area contributed by atoms with Crippen molar-refractivity contribution in [3.05, 3.63) is 101 Å². The SMILES string of the molecule is C=C(C#N)/C=C\C=C(/CCC)CN1CC(N2C=C(c3cccc(Nc4cc(NC(=O)C5CC5)ncc4C(=O)NC)c3C)C=CC2)C1. The number of hydrogen-bond donors (Lipinski definition) is 3. The number of rotatable bonds is 13. The molecule has 1 aromatic carbocycles. The summed E-state index contributed by atoms with van der Waals surface area (Å²) in [5.41, 5.74) is 6.98. The Bertz CT molecular complexity index is 1650. The lowest BCUT2D eigenvalue weighted by Crippen LogP contribution is -2.58. The Kier molecular flexibility index (Phi) is 10.5. The second-order valence-corrected chi connectivity index (χ2v) is 12.2. The summed E-state index contributed by atoms with van der Waals surface area (Å²) in [6, 6.07) is 10.4. The fraction of sp³-hybridized carbons (Fsp3) is 0.351. The van der Waals surface area contributed by atoms with Gasteiger partial charge in [-0.2, -0.15) is 5.26 Å². The highest BCUT2D eigenvalue weighted by atomic mass is 16.2. The highest BCUT2D eigenvalue weighted by Gasteiger charge is 2.32. The molecule has 3 aliphatic rings. The molecule has 2 fully saturated rings. The number of aromatic nitrogens is 1. The van der Waals surface area contributed by atoms with Gasteiger partial charge in [0.2, 0.25) is 5.91 Å². The van der Waals surface area contributed by atoms with Crippen LogP contribution in [0.2, 0.25) is 0 Å². The first-order chi connectivity index (χ1) is 22.3. The van der Waals surface area contributed by atoms with Crippen LogP contribution in [0, 0.1) is 24.2 Å². The molecule has 2 aliphatic heterocycles. The van der Waals surface area contributed by atoms with Gasteiger partial charge >= 0.3 is 0 Å². The van der Waals surface area contributed by atoms with Crippen LogP contribution in [-0.2, 0) is 4.79 Å². The lowest BCUT2D eigenvalue weighted by molar-refractivity contribution is -0.117. The topological polar surface area (TPSA) is 113 Å². The number of allylic oxidation sites excluding steroid dienone is 6. The number of likely N-dealkylation sites (tertiary alicyclic amines) is 1. The normalized spacial score (nSPS) is 16.9. The third-order valence-electron chi connectivity index (χ3n) is 8.59. The van der Waals surface area contributed by atoms with Crippen LogP contribution in [0.5, 0.6) is 0 Å². The van der Waals surface area contributed by atoms with Gasteiger partial charge in [0.05, 0.1) is 23.4 Å². The number of nitriles is 1. The van der Waals surface area contributed by atoms with E-state index in [2.05, 4.69) is 87.7 Å². The molecule has 2 aromatic rings. The number of amides is 2. The zero-order valence-corrected chi connectivity index (χ0v) is 27.0. The monoisotopic (exact) mass is 617 g/mol. The fourth-order valence-electron chi connectivity index (χ4n) is 5.78. The molecular formula is C37H43N7O2. The van der Waals surface area contributed by atoms with Gasteiger partial charge < -0.3 is 20.9 Å². The molecule has 1 aliphatic carbocycles. The zero-order valence-electron chi connectivity index (χ0n) is 27.0. The number of anilines is 3. The molecule has 9 heteroatoms. The number of pyridine rings is 1. The minimum Gasteiger partial charge on any atom is -0.368 e. The molecule has 1 aromatic heterocycles. The Labute approximate surface area is 272 Å². The van der Waals surface area contributed by atoms with Crippen LogP contribution in [-0.4, -0.2) is 65.9 Å². The van der Waals surface area contributed by atoms with Crippen molar-refractivity contribution in [2.75, 3.05) is 43.9 Å². The van der Waals surface area contributed by atoms with Gasteiger partial charge in [0, 0.05) is 68.9 Å². The van der Waals surface area contributed by atoms with E-state index in [1.54, 1.807) is 19.2 Å². The Balaban J connectivity index is 1.28. The molecule has 238 valence electrons. The molecule has 2 amide bonds. The molecule has 9 nitrogen and oxygen atoms in total. The van der Waals surface area contributed by atoms with Gasteiger partial charge in [0.1, 0.15) is 5.82 Å². The third kappa shape index (κ3) is 8.01. The van der Waals surface area contributed by atoms with Crippen LogP contribution in [0.4, 0.5) is 17.2 Å². The number of carbonyl (C=O) groups is 2. The minimum atomic E-state index is -0.259. The Morgan fingerprint density at radius 1 is 1.22 bits per heavy atom. The van der Waals surface area contributed by atoms with Crippen LogP contribution >= 0.6 is 0 Å². The van der Waals surface area contributed by atoms with Gasteiger partial charge in [0.25, 0.3) is 5.91 Å². The fourth-order valence-corrected chi connectivity index (χ4v) is 5.78. The van der Waals surface area contributed by atoms with Crippen LogP contribution in [0.1, 0.15) is 54.1 Å². The van der Waals surface area contributed by atoms with E-state index in [0.717, 1.165) is 74.2 Å². The van der Waals surface area contributed by atoms with E-state index in [-0.39, 0.29) is 17.7 Å². The molecule has 46 heavy (non-hydrogen) atoms.